The first kappa shape index (κ1) is 47.1. The highest BCUT2D eigenvalue weighted by Crippen LogP contribution is 2.19. The predicted octanol–water partition coefficient (Wildman–Crippen LogP) is 6.44. The van der Waals surface area contributed by atoms with Gasteiger partial charge in [-0.05, 0) is 0 Å². The number of hydrogen-bond acceptors (Lipinski definition) is 8. The summed E-state index contributed by atoms with van der Waals surface area (Å²) in [7, 11) is -8.83. The number of hydrogen-bond donors (Lipinski definition) is 0. The quantitative estimate of drug-likeness (QED) is 0.284. The first-order valence-corrected chi connectivity index (χ1v) is 41.2. The van der Waals surface area contributed by atoms with Crippen LogP contribution in [-0.2, 0) is 0 Å². The molecule has 3 aliphatic heterocycles. The molecule has 8 nitrogen and oxygen atoms in total. The smallest absolute Gasteiger partial charge is 0.119 e. The molecule has 2 bridgehead atoms. The Morgan fingerprint density at radius 2 is 0.280 bits per heavy atom. The lowest BCUT2D eigenvalue weighted by Crippen LogP contribution is -2.59. The molecule has 0 aliphatic carbocycles. The molecule has 3 aliphatic rings. The van der Waals surface area contributed by atoms with Crippen molar-refractivity contribution >= 4 is 49.4 Å². The van der Waals surface area contributed by atoms with Crippen molar-refractivity contribution in [1.29, 1.82) is 0 Å². The number of fused-ring (bicyclic) bond motifs is 21. The average molecular weight is 804 g/mol. The molecule has 0 saturated carbocycles. The highest BCUT2D eigenvalue weighted by molar-refractivity contribution is 6.75. The number of rotatable bonds is 6. The first-order valence-electron chi connectivity index (χ1n) is 20.5. The zero-order chi connectivity index (χ0) is 38.3. The predicted molar refractivity (Wildman–Crippen MR) is 242 cm³/mol. The standard InChI is InChI=1S/C36H90N8Si6/c1-45(2,3)39-25-19-37-20-27-41(47(7,8)9)33-35-43(49(13,14)15)29-23-38(22-26-40(32-31-39)46(4,5)6)24-30-44(50(16,17)18)36-34-42(28-21-37)48(10,11)12/h19-36H2,1-18H3. The summed E-state index contributed by atoms with van der Waals surface area (Å²) in [6.07, 6.45) is 0. The highest BCUT2D eigenvalue weighted by Gasteiger charge is 2.33. The van der Waals surface area contributed by atoms with Crippen LogP contribution in [0.25, 0.3) is 0 Å². The molecule has 0 aromatic carbocycles. The Balaban J connectivity index is 2.68. The molecule has 3 heterocycles. The van der Waals surface area contributed by atoms with Crippen LogP contribution in [-0.4, -0.2) is 204 Å². The molecular weight excluding hydrogens is 713 g/mol. The molecule has 3 rings (SSSR count). The van der Waals surface area contributed by atoms with E-state index in [1.807, 2.05) is 0 Å². The van der Waals surface area contributed by atoms with Crippen molar-refractivity contribution < 1.29 is 0 Å². The van der Waals surface area contributed by atoms with Crippen LogP contribution in [0.2, 0.25) is 118 Å². The van der Waals surface area contributed by atoms with E-state index in [0.717, 1.165) is 0 Å². The fraction of sp³-hybridized carbons (Fsp3) is 1.00. The van der Waals surface area contributed by atoms with Crippen LogP contribution in [0.3, 0.4) is 0 Å². The lowest BCUT2D eigenvalue weighted by atomic mass is 10.3. The van der Waals surface area contributed by atoms with Crippen LogP contribution in [0.1, 0.15) is 0 Å². The summed E-state index contributed by atoms with van der Waals surface area (Å²) in [5.41, 5.74) is 0. The molecule has 14 heteroatoms. The maximum atomic E-state index is 2.96. The molecule has 50 heavy (non-hydrogen) atoms. The number of nitrogens with zero attached hydrogens (tertiary/aromatic N) is 8. The summed E-state index contributed by atoms with van der Waals surface area (Å²) >= 11 is 0. The van der Waals surface area contributed by atoms with Gasteiger partial charge >= 0.3 is 0 Å². The molecule has 0 radical (unpaired) electrons. The second kappa shape index (κ2) is 19.2. The van der Waals surface area contributed by atoms with Gasteiger partial charge in [0.2, 0.25) is 0 Å². The molecule has 3 saturated heterocycles. The van der Waals surface area contributed by atoms with Crippen molar-refractivity contribution in [1.82, 2.24) is 37.2 Å². The van der Waals surface area contributed by atoms with Gasteiger partial charge in [0.15, 0.2) is 0 Å². The van der Waals surface area contributed by atoms with Crippen molar-refractivity contribution in [2.75, 3.05) is 118 Å². The SMILES string of the molecule is C[Si](C)(C)N1CCN2CCN([Si](C)(C)C)CCN([Si](C)(C)C)CCN(CCN([Si](C)(C)C)CC1)CCN([Si](C)(C)C)CCN([Si](C)(C)C)CC2. The van der Waals surface area contributed by atoms with Gasteiger partial charge in [-0.2, -0.15) is 0 Å². The summed E-state index contributed by atoms with van der Waals surface area (Å²) in [6.45, 7) is 68.4. The van der Waals surface area contributed by atoms with Gasteiger partial charge in [0.1, 0.15) is 49.4 Å². The molecule has 0 aromatic heterocycles. The minimum atomic E-state index is -1.47. The van der Waals surface area contributed by atoms with Gasteiger partial charge < -0.3 is 27.4 Å². The van der Waals surface area contributed by atoms with E-state index in [2.05, 4.69) is 155 Å². The van der Waals surface area contributed by atoms with Gasteiger partial charge in [0, 0.05) is 118 Å². The normalized spacial score (nSPS) is 26.3. The van der Waals surface area contributed by atoms with Crippen LogP contribution in [0.5, 0.6) is 0 Å². The Morgan fingerprint density at radius 1 is 0.180 bits per heavy atom. The van der Waals surface area contributed by atoms with E-state index in [1.54, 1.807) is 0 Å². The fourth-order valence-electron chi connectivity index (χ4n) is 7.66. The van der Waals surface area contributed by atoms with E-state index < -0.39 is 49.4 Å². The summed E-state index contributed by atoms with van der Waals surface area (Å²) in [5.74, 6) is 0. The van der Waals surface area contributed by atoms with Crippen molar-refractivity contribution in [3.63, 3.8) is 0 Å². The summed E-state index contributed by atoms with van der Waals surface area (Å²) in [6, 6.07) is 0. The molecule has 0 unspecified atom stereocenters. The molecule has 3 fully saturated rings. The van der Waals surface area contributed by atoms with Crippen molar-refractivity contribution in [2.24, 2.45) is 0 Å². The minimum Gasteiger partial charge on any atom is -0.321 e. The Bertz CT molecular complexity index is 778. The van der Waals surface area contributed by atoms with E-state index in [4.69, 9.17) is 0 Å². The largest absolute Gasteiger partial charge is 0.321 e. The monoisotopic (exact) mass is 803 g/mol. The van der Waals surface area contributed by atoms with E-state index in [1.165, 1.54) is 118 Å². The van der Waals surface area contributed by atoms with Gasteiger partial charge in [-0.25, -0.2) is 0 Å². The van der Waals surface area contributed by atoms with E-state index >= 15 is 0 Å². The van der Waals surface area contributed by atoms with E-state index in [-0.39, 0.29) is 0 Å². The lowest BCUT2D eigenvalue weighted by molar-refractivity contribution is 0.182. The molecular formula is C36H90N8Si6. The van der Waals surface area contributed by atoms with Crippen LogP contribution in [0.15, 0.2) is 0 Å². The molecule has 0 N–H and O–H groups in total. The molecule has 0 amide bonds. The van der Waals surface area contributed by atoms with Crippen LogP contribution >= 0.6 is 0 Å². The zero-order valence-corrected chi connectivity index (χ0v) is 43.3. The van der Waals surface area contributed by atoms with Crippen molar-refractivity contribution in [3.8, 4) is 0 Å². The fourth-order valence-corrected chi connectivity index (χ4v) is 16.9. The minimum absolute atomic E-state index is 1.20. The molecule has 0 atom stereocenters. The Kier molecular flexibility index (Phi) is 18.1. The molecule has 298 valence electrons. The molecule has 0 spiro atoms. The maximum Gasteiger partial charge on any atom is 0.119 e. The van der Waals surface area contributed by atoms with Gasteiger partial charge in [-0.3, -0.25) is 9.80 Å². The van der Waals surface area contributed by atoms with Gasteiger partial charge in [-0.1, -0.05) is 118 Å². The lowest BCUT2D eigenvalue weighted by Gasteiger charge is -2.44. The maximum absolute atomic E-state index is 2.96. The summed E-state index contributed by atoms with van der Waals surface area (Å²) in [4.78, 5) is 5.81. The first-order chi connectivity index (χ1) is 22.6. The summed E-state index contributed by atoms with van der Waals surface area (Å²) < 4.78 is 17.8. The highest BCUT2D eigenvalue weighted by atomic mass is 28.3. The van der Waals surface area contributed by atoms with Crippen LogP contribution in [0, 0.1) is 0 Å². The van der Waals surface area contributed by atoms with Gasteiger partial charge in [-0.15, -0.1) is 0 Å². The zero-order valence-electron chi connectivity index (χ0n) is 37.3. The Hall–Kier alpha value is 0.981. The third-order valence-electron chi connectivity index (χ3n) is 11.7. The third-order valence-corrected chi connectivity index (χ3v) is 25.8. The molecule has 0 aromatic rings. The van der Waals surface area contributed by atoms with Crippen LogP contribution < -0.4 is 0 Å². The van der Waals surface area contributed by atoms with Crippen molar-refractivity contribution in [2.45, 2.75) is 118 Å². The Morgan fingerprint density at radius 3 is 0.380 bits per heavy atom. The topological polar surface area (TPSA) is 25.9 Å². The average Bonchev–Trinajstić information content (AvgIpc) is 2.90. The summed E-state index contributed by atoms with van der Waals surface area (Å²) in [5, 5.41) is 0. The van der Waals surface area contributed by atoms with Gasteiger partial charge in [0.05, 0.1) is 0 Å². The second-order valence-corrected chi connectivity index (χ2v) is 51.5. The van der Waals surface area contributed by atoms with E-state index in [0.29, 0.717) is 0 Å². The van der Waals surface area contributed by atoms with E-state index in [9.17, 15) is 0 Å². The second-order valence-electron chi connectivity index (χ2n) is 21.6. The third kappa shape index (κ3) is 16.8. The van der Waals surface area contributed by atoms with Gasteiger partial charge in [0.25, 0.3) is 0 Å². The Labute approximate surface area is 320 Å². The van der Waals surface area contributed by atoms with Crippen molar-refractivity contribution in [3.05, 3.63) is 0 Å². The van der Waals surface area contributed by atoms with Crippen LogP contribution in [0.4, 0.5) is 0 Å².